The van der Waals surface area contributed by atoms with Crippen molar-refractivity contribution in [2.24, 2.45) is 11.0 Å². The van der Waals surface area contributed by atoms with E-state index in [1.807, 2.05) is 30.5 Å². The number of ether oxygens (including phenoxy) is 1. The number of hydrogen-bond donors (Lipinski definition) is 1. The van der Waals surface area contributed by atoms with Crippen LogP contribution in [0.25, 0.3) is 0 Å². The van der Waals surface area contributed by atoms with Crippen LogP contribution < -0.4 is 10.2 Å². The highest BCUT2D eigenvalue weighted by atomic mass is 35.5. The highest BCUT2D eigenvalue weighted by Crippen LogP contribution is 2.21. The van der Waals surface area contributed by atoms with Gasteiger partial charge in [-0.1, -0.05) is 43.0 Å². The van der Waals surface area contributed by atoms with E-state index >= 15 is 0 Å². The van der Waals surface area contributed by atoms with Crippen LogP contribution in [0.4, 0.5) is 0 Å². The van der Waals surface area contributed by atoms with E-state index < -0.39 is 0 Å². The van der Waals surface area contributed by atoms with Crippen molar-refractivity contribution in [3.63, 3.8) is 0 Å². The minimum absolute atomic E-state index is 0.207. The van der Waals surface area contributed by atoms with E-state index in [0.29, 0.717) is 28.9 Å². The van der Waals surface area contributed by atoms with Crippen LogP contribution in [-0.2, 0) is 6.61 Å². The number of amides is 1. The van der Waals surface area contributed by atoms with Crippen molar-refractivity contribution in [3.05, 3.63) is 64.7 Å². The number of nitrogens with one attached hydrogen (secondary N) is 1. The SMILES string of the molecule is O=C(N/N=C\C1CCCCC1)c1ccc(OCc2ccc(Cl)cc2)cc1. The van der Waals surface area contributed by atoms with Gasteiger partial charge in [0.15, 0.2) is 0 Å². The lowest BCUT2D eigenvalue weighted by atomic mass is 9.90. The topological polar surface area (TPSA) is 50.7 Å². The van der Waals surface area contributed by atoms with Gasteiger partial charge in [-0.3, -0.25) is 4.79 Å². The number of rotatable bonds is 6. The molecule has 5 heteroatoms. The summed E-state index contributed by atoms with van der Waals surface area (Å²) in [6, 6.07) is 14.6. The molecule has 136 valence electrons. The molecule has 0 radical (unpaired) electrons. The molecule has 0 aromatic heterocycles. The van der Waals surface area contributed by atoms with Gasteiger partial charge in [0.05, 0.1) is 0 Å². The van der Waals surface area contributed by atoms with Gasteiger partial charge in [0, 0.05) is 16.8 Å². The molecule has 4 nitrogen and oxygen atoms in total. The van der Waals surface area contributed by atoms with E-state index in [-0.39, 0.29) is 5.91 Å². The summed E-state index contributed by atoms with van der Waals surface area (Å²) in [7, 11) is 0. The smallest absolute Gasteiger partial charge is 0.271 e. The predicted octanol–water partition coefficient (Wildman–Crippen LogP) is 5.21. The molecule has 1 N–H and O–H groups in total. The Morgan fingerprint density at radius 3 is 2.46 bits per heavy atom. The second-order valence-corrected chi connectivity index (χ2v) is 6.99. The Bertz CT molecular complexity index is 736. The van der Waals surface area contributed by atoms with Crippen molar-refractivity contribution in [1.82, 2.24) is 5.43 Å². The zero-order valence-corrected chi connectivity index (χ0v) is 15.4. The lowest BCUT2D eigenvalue weighted by Crippen LogP contribution is -2.19. The van der Waals surface area contributed by atoms with Crippen LogP contribution in [0.1, 0.15) is 48.0 Å². The normalized spacial score (nSPS) is 15.1. The number of hydrogen-bond acceptors (Lipinski definition) is 3. The Kier molecular flexibility index (Phi) is 6.67. The van der Waals surface area contributed by atoms with E-state index in [1.165, 1.54) is 32.1 Å². The number of hydrazone groups is 1. The second-order valence-electron chi connectivity index (χ2n) is 6.56. The van der Waals surface area contributed by atoms with Gasteiger partial charge < -0.3 is 4.74 Å². The van der Waals surface area contributed by atoms with Gasteiger partial charge in [-0.15, -0.1) is 0 Å². The average Bonchev–Trinajstić information content (AvgIpc) is 2.69. The number of carbonyl (C=O) groups excluding carboxylic acids is 1. The summed E-state index contributed by atoms with van der Waals surface area (Å²) in [4.78, 5) is 12.1. The highest BCUT2D eigenvalue weighted by molar-refractivity contribution is 6.30. The fourth-order valence-electron chi connectivity index (χ4n) is 3.00. The number of benzene rings is 2. The van der Waals surface area contributed by atoms with Gasteiger partial charge in [0.1, 0.15) is 12.4 Å². The van der Waals surface area contributed by atoms with E-state index in [9.17, 15) is 4.79 Å². The van der Waals surface area contributed by atoms with Gasteiger partial charge in [-0.25, -0.2) is 5.43 Å². The van der Waals surface area contributed by atoms with Crippen molar-refractivity contribution in [2.75, 3.05) is 0 Å². The minimum Gasteiger partial charge on any atom is -0.489 e. The molecule has 1 amide bonds. The van der Waals surface area contributed by atoms with Crippen molar-refractivity contribution >= 4 is 23.7 Å². The lowest BCUT2D eigenvalue weighted by molar-refractivity contribution is 0.0955. The van der Waals surface area contributed by atoms with Crippen molar-refractivity contribution < 1.29 is 9.53 Å². The van der Waals surface area contributed by atoms with E-state index in [0.717, 1.165) is 5.56 Å². The monoisotopic (exact) mass is 370 g/mol. The predicted molar refractivity (Wildman–Crippen MR) is 105 cm³/mol. The number of halogens is 1. The summed E-state index contributed by atoms with van der Waals surface area (Å²) < 4.78 is 5.72. The standard InChI is InChI=1S/C21H23ClN2O2/c22-19-10-6-17(7-11-19)15-26-20-12-8-18(9-13-20)21(25)24-23-14-16-4-2-1-3-5-16/h6-14,16H,1-5,15H2,(H,24,25)/b23-14-. The zero-order valence-electron chi connectivity index (χ0n) is 14.7. The van der Waals surface area contributed by atoms with Crippen LogP contribution in [0.2, 0.25) is 5.02 Å². The Labute approximate surface area is 159 Å². The molecule has 0 bridgehead atoms. The number of carbonyl (C=O) groups is 1. The third-order valence-corrected chi connectivity index (χ3v) is 4.79. The Hall–Kier alpha value is -2.33. The highest BCUT2D eigenvalue weighted by Gasteiger charge is 2.11. The molecular weight excluding hydrogens is 348 g/mol. The molecule has 1 saturated carbocycles. The molecule has 1 aliphatic carbocycles. The van der Waals surface area contributed by atoms with Gasteiger partial charge in [0.25, 0.3) is 5.91 Å². The largest absolute Gasteiger partial charge is 0.489 e. The maximum atomic E-state index is 12.1. The van der Waals surface area contributed by atoms with Crippen molar-refractivity contribution in [2.45, 2.75) is 38.7 Å². The van der Waals surface area contributed by atoms with Crippen LogP contribution in [0, 0.1) is 5.92 Å². The fourth-order valence-corrected chi connectivity index (χ4v) is 3.12. The molecule has 0 heterocycles. The molecule has 2 aromatic carbocycles. The van der Waals surface area contributed by atoms with E-state index in [1.54, 1.807) is 24.3 Å². The first-order valence-electron chi connectivity index (χ1n) is 9.01. The summed E-state index contributed by atoms with van der Waals surface area (Å²) in [5.41, 5.74) is 4.20. The van der Waals surface area contributed by atoms with Crippen molar-refractivity contribution in [3.8, 4) is 5.75 Å². The lowest BCUT2D eigenvalue weighted by Gasteiger charge is -2.16. The quantitative estimate of drug-likeness (QED) is 0.560. The van der Waals surface area contributed by atoms with E-state index in [2.05, 4.69) is 10.5 Å². The summed E-state index contributed by atoms with van der Waals surface area (Å²) in [5, 5.41) is 4.81. The molecule has 0 atom stereocenters. The zero-order chi connectivity index (χ0) is 18.2. The molecule has 26 heavy (non-hydrogen) atoms. The van der Waals surface area contributed by atoms with Gasteiger partial charge >= 0.3 is 0 Å². The summed E-state index contributed by atoms with van der Waals surface area (Å²) in [6.45, 7) is 0.453. The summed E-state index contributed by atoms with van der Waals surface area (Å²) >= 11 is 5.87. The van der Waals surface area contributed by atoms with Crippen LogP contribution >= 0.6 is 11.6 Å². The molecule has 2 aromatic rings. The molecular formula is C21H23ClN2O2. The summed E-state index contributed by atoms with van der Waals surface area (Å²) in [5.74, 6) is 0.996. The second kappa shape index (κ2) is 9.39. The van der Waals surface area contributed by atoms with Crippen LogP contribution in [-0.4, -0.2) is 12.1 Å². The first-order chi connectivity index (χ1) is 12.7. The molecule has 1 fully saturated rings. The van der Waals surface area contributed by atoms with Crippen LogP contribution in [0.15, 0.2) is 53.6 Å². The third kappa shape index (κ3) is 5.60. The first-order valence-corrected chi connectivity index (χ1v) is 9.39. The minimum atomic E-state index is -0.207. The molecule has 0 aliphatic heterocycles. The van der Waals surface area contributed by atoms with Crippen LogP contribution in [0.3, 0.4) is 0 Å². The molecule has 1 aliphatic rings. The average molecular weight is 371 g/mol. The van der Waals surface area contributed by atoms with Crippen LogP contribution in [0.5, 0.6) is 5.75 Å². The van der Waals surface area contributed by atoms with E-state index in [4.69, 9.17) is 16.3 Å². The third-order valence-electron chi connectivity index (χ3n) is 4.54. The number of nitrogens with zero attached hydrogens (tertiary/aromatic N) is 1. The van der Waals surface area contributed by atoms with Gasteiger partial charge in [-0.05, 0) is 60.7 Å². The van der Waals surface area contributed by atoms with Gasteiger partial charge in [-0.2, -0.15) is 5.10 Å². The fraction of sp³-hybridized carbons (Fsp3) is 0.333. The molecule has 0 saturated heterocycles. The molecule has 3 rings (SSSR count). The first kappa shape index (κ1) is 18.5. The molecule has 0 spiro atoms. The Morgan fingerprint density at radius 1 is 1.08 bits per heavy atom. The maximum absolute atomic E-state index is 12.1. The van der Waals surface area contributed by atoms with Crippen molar-refractivity contribution in [1.29, 1.82) is 0 Å². The maximum Gasteiger partial charge on any atom is 0.271 e. The van der Waals surface area contributed by atoms with Gasteiger partial charge in [0.2, 0.25) is 0 Å². The molecule has 0 unspecified atom stereocenters. The Morgan fingerprint density at radius 2 is 1.77 bits per heavy atom. The Balaban J connectivity index is 1.47. The summed E-state index contributed by atoms with van der Waals surface area (Å²) in [6.07, 6.45) is 8.02.